The number of aromatic nitrogens is 3. The van der Waals surface area contributed by atoms with Gasteiger partial charge in [0.2, 0.25) is 0 Å². The molecule has 0 spiro atoms. The molecule has 1 aliphatic rings. The number of rotatable bonds is 5. The number of hydrogen-bond acceptors (Lipinski definition) is 3. The molecule has 0 aliphatic heterocycles. The van der Waals surface area contributed by atoms with Gasteiger partial charge in [0.1, 0.15) is 12.2 Å². The van der Waals surface area contributed by atoms with E-state index in [2.05, 4.69) is 22.3 Å². The van der Waals surface area contributed by atoms with Crippen LogP contribution >= 0.6 is 0 Å². The van der Waals surface area contributed by atoms with Crippen molar-refractivity contribution in [3.63, 3.8) is 0 Å². The maximum absolute atomic E-state index is 4.16. The summed E-state index contributed by atoms with van der Waals surface area (Å²) < 4.78 is 1.81. The minimum atomic E-state index is 0.809. The van der Waals surface area contributed by atoms with Crippen molar-refractivity contribution >= 4 is 0 Å². The van der Waals surface area contributed by atoms with Crippen molar-refractivity contribution in [3.8, 4) is 0 Å². The third-order valence-corrected chi connectivity index (χ3v) is 2.98. The summed E-state index contributed by atoms with van der Waals surface area (Å²) in [5.74, 6) is 2.79. The van der Waals surface area contributed by atoms with Crippen LogP contribution in [0.25, 0.3) is 0 Å². The van der Waals surface area contributed by atoms with Gasteiger partial charge in [-0.2, -0.15) is 5.10 Å². The van der Waals surface area contributed by atoms with Crippen LogP contribution in [0.15, 0.2) is 6.33 Å². The zero-order valence-electron chi connectivity index (χ0n) is 8.90. The van der Waals surface area contributed by atoms with Crippen LogP contribution in [-0.2, 0) is 13.6 Å². The first-order valence-electron chi connectivity index (χ1n) is 5.31. The highest BCUT2D eigenvalue weighted by molar-refractivity contribution is 4.84. The first-order chi connectivity index (χ1) is 6.77. The normalized spacial score (nSPS) is 18.4. The Morgan fingerprint density at radius 2 is 2.43 bits per heavy atom. The molecular formula is C10H18N4. The highest BCUT2D eigenvalue weighted by atomic mass is 15.3. The molecule has 4 nitrogen and oxygen atoms in total. The minimum Gasteiger partial charge on any atom is -0.310 e. The molecular weight excluding hydrogens is 176 g/mol. The number of hydrogen-bond donors (Lipinski definition) is 1. The molecule has 1 N–H and O–H groups in total. The number of aryl methyl sites for hydroxylation is 1. The van der Waals surface area contributed by atoms with Gasteiger partial charge in [0.15, 0.2) is 0 Å². The van der Waals surface area contributed by atoms with E-state index in [-0.39, 0.29) is 0 Å². The van der Waals surface area contributed by atoms with Gasteiger partial charge in [0, 0.05) is 7.05 Å². The van der Waals surface area contributed by atoms with Crippen molar-refractivity contribution in [3.05, 3.63) is 12.2 Å². The molecule has 1 fully saturated rings. The number of nitrogens with one attached hydrogen (secondary N) is 1. The van der Waals surface area contributed by atoms with E-state index >= 15 is 0 Å². The molecule has 1 heterocycles. The second kappa shape index (κ2) is 4.09. The predicted molar refractivity (Wildman–Crippen MR) is 54.6 cm³/mol. The molecule has 1 aromatic rings. The van der Waals surface area contributed by atoms with E-state index in [0.29, 0.717) is 0 Å². The highest BCUT2D eigenvalue weighted by Gasteiger charge is 2.27. The van der Waals surface area contributed by atoms with Crippen molar-refractivity contribution in [1.29, 1.82) is 0 Å². The van der Waals surface area contributed by atoms with E-state index in [1.165, 1.54) is 12.8 Å². The molecule has 0 radical (unpaired) electrons. The average Bonchev–Trinajstić information content (AvgIpc) is 2.93. The Hall–Kier alpha value is -0.900. The molecule has 1 aromatic heterocycles. The highest BCUT2D eigenvalue weighted by Crippen LogP contribution is 2.36. The molecule has 1 atom stereocenters. The van der Waals surface area contributed by atoms with E-state index in [9.17, 15) is 0 Å². The fourth-order valence-corrected chi connectivity index (χ4v) is 1.72. The zero-order chi connectivity index (χ0) is 9.97. The lowest BCUT2D eigenvalue weighted by molar-refractivity contribution is 0.454. The van der Waals surface area contributed by atoms with E-state index in [4.69, 9.17) is 0 Å². The monoisotopic (exact) mass is 194 g/mol. The summed E-state index contributed by atoms with van der Waals surface area (Å²) in [5, 5.41) is 7.45. The van der Waals surface area contributed by atoms with Crippen LogP contribution in [0.1, 0.15) is 25.6 Å². The van der Waals surface area contributed by atoms with Gasteiger partial charge in [-0.3, -0.25) is 4.68 Å². The van der Waals surface area contributed by atoms with Gasteiger partial charge >= 0.3 is 0 Å². The lowest BCUT2D eigenvalue weighted by atomic mass is 10.1. The molecule has 0 bridgehead atoms. The third kappa shape index (κ3) is 2.32. The van der Waals surface area contributed by atoms with Crippen LogP contribution in [0.5, 0.6) is 0 Å². The van der Waals surface area contributed by atoms with Crippen LogP contribution in [0.3, 0.4) is 0 Å². The summed E-state index contributed by atoms with van der Waals surface area (Å²) in [6.45, 7) is 4.24. The van der Waals surface area contributed by atoms with Crippen LogP contribution in [-0.4, -0.2) is 21.3 Å². The van der Waals surface area contributed by atoms with Gasteiger partial charge in [-0.25, -0.2) is 4.98 Å². The Morgan fingerprint density at radius 1 is 1.64 bits per heavy atom. The summed E-state index contributed by atoms with van der Waals surface area (Å²) >= 11 is 0. The Kier molecular flexibility index (Phi) is 2.82. The second-order valence-electron chi connectivity index (χ2n) is 4.25. The maximum Gasteiger partial charge on any atom is 0.140 e. The Morgan fingerprint density at radius 3 is 3.00 bits per heavy atom. The van der Waals surface area contributed by atoms with Crippen molar-refractivity contribution in [2.24, 2.45) is 18.9 Å². The SMILES string of the molecule is CC(CNCc1ncnn1C)C1CC1. The third-order valence-electron chi connectivity index (χ3n) is 2.98. The smallest absolute Gasteiger partial charge is 0.140 e. The van der Waals surface area contributed by atoms with Gasteiger partial charge in [0.05, 0.1) is 6.54 Å². The standard InChI is InChI=1S/C10H18N4/c1-8(9-3-4-9)5-11-6-10-12-7-13-14(10)2/h7-9,11H,3-6H2,1-2H3. The molecule has 0 amide bonds. The zero-order valence-corrected chi connectivity index (χ0v) is 8.90. The summed E-state index contributed by atoms with van der Waals surface area (Å²) in [6.07, 6.45) is 4.45. The first-order valence-corrected chi connectivity index (χ1v) is 5.31. The lowest BCUT2D eigenvalue weighted by Crippen LogP contribution is -2.23. The Bertz CT molecular complexity index is 290. The van der Waals surface area contributed by atoms with Crippen LogP contribution in [0.4, 0.5) is 0 Å². The lowest BCUT2D eigenvalue weighted by Gasteiger charge is -2.10. The Labute approximate surface area is 84.7 Å². The van der Waals surface area contributed by atoms with Crippen molar-refractivity contribution in [2.45, 2.75) is 26.3 Å². The maximum atomic E-state index is 4.16. The van der Waals surface area contributed by atoms with Crippen molar-refractivity contribution in [1.82, 2.24) is 20.1 Å². The van der Waals surface area contributed by atoms with E-state index in [0.717, 1.165) is 30.7 Å². The topological polar surface area (TPSA) is 42.7 Å². The predicted octanol–water partition coefficient (Wildman–Crippen LogP) is 0.951. The molecule has 0 saturated heterocycles. The summed E-state index contributed by atoms with van der Waals surface area (Å²) in [4.78, 5) is 4.16. The second-order valence-corrected chi connectivity index (χ2v) is 4.25. The minimum absolute atomic E-state index is 0.809. The largest absolute Gasteiger partial charge is 0.310 e. The van der Waals surface area contributed by atoms with Gasteiger partial charge in [-0.15, -0.1) is 0 Å². The molecule has 1 saturated carbocycles. The van der Waals surface area contributed by atoms with Crippen LogP contribution < -0.4 is 5.32 Å². The molecule has 1 unspecified atom stereocenters. The molecule has 78 valence electrons. The fourth-order valence-electron chi connectivity index (χ4n) is 1.72. The van der Waals surface area contributed by atoms with Gasteiger partial charge in [-0.05, 0) is 31.2 Å². The van der Waals surface area contributed by atoms with E-state index in [1.807, 2.05) is 11.7 Å². The average molecular weight is 194 g/mol. The van der Waals surface area contributed by atoms with Gasteiger partial charge in [0.25, 0.3) is 0 Å². The van der Waals surface area contributed by atoms with E-state index in [1.54, 1.807) is 6.33 Å². The van der Waals surface area contributed by atoms with Crippen molar-refractivity contribution in [2.75, 3.05) is 6.54 Å². The molecule has 1 aliphatic carbocycles. The number of nitrogens with zero attached hydrogens (tertiary/aromatic N) is 3. The first kappa shape index (κ1) is 9.65. The van der Waals surface area contributed by atoms with Crippen LogP contribution in [0.2, 0.25) is 0 Å². The van der Waals surface area contributed by atoms with Gasteiger partial charge in [-0.1, -0.05) is 6.92 Å². The molecule has 0 aromatic carbocycles. The molecule has 4 heteroatoms. The molecule has 2 rings (SSSR count). The Balaban J connectivity index is 1.69. The van der Waals surface area contributed by atoms with Crippen molar-refractivity contribution < 1.29 is 0 Å². The summed E-state index contributed by atoms with van der Waals surface area (Å²) in [5.41, 5.74) is 0. The van der Waals surface area contributed by atoms with Gasteiger partial charge < -0.3 is 5.32 Å². The summed E-state index contributed by atoms with van der Waals surface area (Å²) in [7, 11) is 1.92. The molecule has 14 heavy (non-hydrogen) atoms. The quantitative estimate of drug-likeness (QED) is 0.759. The van der Waals surface area contributed by atoms with E-state index < -0.39 is 0 Å². The fraction of sp³-hybridized carbons (Fsp3) is 0.800. The summed E-state index contributed by atoms with van der Waals surface area (Å²) in [6, 6.07) is 0. The van der Waals surface area contributed by atoms with Crippen LogP contribution in [0, 0.1) is 11.8 Å².